The molecule has 0 aliphatic heterocycles. The summed E-state index contributed by atoms with van der Waals surface area (Å²) in [5, 5.41) is 15.2. The normalized spacial score (nSPS) is 12.0. The second-order valence-electron chi connectivity index (χ2n) is 6.05. The van der Waals surface area contributed by atoms with E-state index < -0.39 is 0 Å². The average Bonchev–Trinajstić information content (AvgIpc) is 2.79. The Balaban J connectivity index is 2.39. The van der Waals surface area contributed by atoms with Crippen LogP contribution in [0.3, 0.4) is 0 Å². The van der Waals surface area contributed by atoms with Gasteiger partial charge in [0.05, 0.1) is 15.9 Å². The predicted octanol–water partition coefficient (Wildman–Crippen LogP) is 3.19. The standard InChI is InChI=1S/C15H16ClN5O/c1-15(2,3)21-14-11(13(17)18-7-19-14)12(20-21)9-5-4-8(22)6-10(9)16/h4-7,22H,1-3H3,(H2,17,18,19). The van der Waals surface area contributed by atoms with E-state index in [0.717, 1.165) is 0 Å². The van der Waals surface area contributed by atoms with Crippen LogP contribution in [0.1, 0.15) is 20.8 Å². The summed E-state index contributed by atoms with van der Waals surface area (Å²) in [5.74, 6) is 0.442. The number of rotatable bonds is 1. The minimum atomic E-state index is -0.277. The quantitative estimate of drug-likeness (QED) is 0.719. The first-order valence-corrected chi connectivity index (χ1v) is 7.15. The Kier molecular flexibility index (Phi) is 3.21. The molecule has 3 N–H and O–H groups in total. The van der Waals surface area contributed by atoms with Gasteiger partial charge in [-0.1, -0.05) is 11.6 Å². The van der Waals surface area contributed by atoms with Gasteiger partial charge < -0.3 is 10.8 Å². The van der Waals surface area contributed by atoms with Crippen molar-refractivity contribution in [3.05, 3.63) is 29.5 Å². The minimum Gasteiger partial charge on any atom is -0.508 e. The molecule has 2 aromatic heterocycles. The van der Waals surface area contributed by atoms with Gasteiger partial charge in [-0.15, -0.1) is 0 Å². The maximum atomic E-state index is 9.53. The molecule has 0 saturated heterocycles. The lowest BCUT2D eigenvalue weighted by Gasteiger charge is -2.19. The molecule has 3 aromatic rings. The fourth-order valence-corrected chi connectivity index (χ4v) is 2.59. The second kappa shape index (κ2) is 4.84. The smallest absolute Gasteiger partial charge is 0.164 e. The van der Waals surface area contributed by atoms with E-state index in [4.69, 9.17) is 17.3 Å². The number of benzene rings is 1. The maximum Gasteiger partial charge on any atom is 0.164 e. The molecule has 0 atom stereocenters. The van der Waals surface area contributed by atoms with Gasteiger partial charge >= 0.3 is 0 Å². The number of hydrogen-bond acceptors (Lipinski definition) is 5. The van der Waals surface area contributed by atoms with Crippen LogP contribution in [-0.2, 0) is 5.54 Å². The van der Waals surface area contributed by atoms with Gasteiger partial charge in [-0.3, -0.25) is 0 Å². The van der Waals surface area contributed by atoms with E-state index in [1.807, 2.05) is 20.8 Å². The van der Waals surface area contributed by atoms with Crippen molar-refractivity contribution in [1.82, 2.24) is 19.7 Å². The lowest BCUT2D eigenvalue weighted by atomic mass is 10.1. The number of aromatic hydroxyl groups is 1. The molecule has 3 rings (SSSR count). The van der Waals surface area contributed by atoms with Gasteiger partial charge in [0.25, 0.3) is 0 Å². The largest absolute Gasteiger partial charge is 0.508 e. The molecule has 0 aliphatic rings. The molecule has 0 spiro atoms. The van der Waals surface area contributed by atoms with Crippen molar-refractivity contribution < 1.29 is 5.11 Å². The zero-order chi connectivity index (χ0) is 16.1. The topological polar surface area (TPSA) is 89.8 Å². The summed E-state index contributed by atoms with van der Waals surface area (Å²) in [5.41, 5.74) is 7.69. The molecule has 114 valence electrons. The van der Waals surface area contributed by atoms with Crippen LogP contribution >= 0.6 is 11.6 Å². The molecule has 22 heavy (non-hydrogen) atoms. The lowest BCUT2D eigenvalue weighted by molar-refractivity contribution is 0.367. The van der Waals surface area contributed by atoms with Crippen LogP contribution in [0.2, 0.25) is 5.02 Å². The van der Waals surface area contributed by atoms with E-state index in [1.54, 1.807) is 16.8 Å². The highest BCUT2D eigenvalue weighted by molar-refractivity contribution is 6.33. The second-order valence-corrected chi connectivity index (χ2v) is 6.46. The summed E-state index contributed by atoms with van der Waals surface area (Å²) in [6.45, 7) is 6.08. The Labute approximate surface area is 132 Å². The molecule has 0 saturated carbocycles. The molecule has 0 radical (unpaired) electrons. The third-order valence-electron chi connectivity index (χ3n) is 3.34. The number of nitrogen functional groups attached to an aromatic ring is 1. The van der Waals surface area contributed by atoms with Crippen LogP contribution in [0.4, 0.5) is 5.82 Å². The monoisotopic (exact) mass is 317 g/mol. The third kappa shape index (κ3) is 2.25. The Morgan fingerprint density at radius 3 is 2.59 bits per heavy atom. The molecular formula is C15H16ClN5O. The van der Waals surface area contributed by atoms with Crippen molar-refractivity contribution in [3.63, 3.8) is 0 Å². The third-order valence-corrected chi connectivity index (χ3v) is 3.65. The van der Waals surface area contributed by atoms with E-state index in [0.29, 0.717) is 33.1 Å². The molecule has 2 heterocycles. The maximum absolute atomic E-state index is 9.53. The molecule has 0 aliphatic carbocycles. The fourth-order valence-electron chi connectivity index (χ4n) is 2.33. The van der Waals surface area contributed by atoms with Gasteiger partial charge in [0.1, 0.15) is 23.6 Å². The minimum absolute atomic E-state index is 0.0949. The van der Waals surface area contributed by atoms with Crippen molar-refractivity contribution >= 4 is 28.5 Å². The number of hydrogen-bond donors (Lipinski definition) is 2. The molecule has 1 aromatic carbocycles. The van der Waals surface area contributed by atoms with Crippen LogP contribution < -0.4 is 5.73 Å². The number of nitrogens with two attached hydrogens (primary N) is 1. The summed E-state index contributed by atoms with van der Waals surface area (Å²) in [6.07, 6.45) is 1.42. The number of phenols is 1. The van der Waals surface area contributed by atoms with Crippen LogP contribution in [0, 0.1) is 0 Å². The van der Waals surface area contributed by atoms with E-state index >= 15 is 0 Å². The van der Waals surface area contributed by atoms with Gasteiger partial charge in [0, 0.05) is 5.56 Å². The molecule has 0 fully saturated rings. The molecule has 7 heteroatoms. The first kappa shape index (κ1) is 14.6. The predicted molar refractivity (Wildman–Crippen MR) is 86.8 cm³/mol. The van der Waals surface area contributed by atoms with Crippen molar-refractivity contribution in [1.29, 1.82) is 0 Å². The number of fused-ring (bicyclic) bond motifs is 1. The first-order chi connectivity index (χ1) is 10.3. The van der Waals surface area contributed by atoms with E-state index in [1.165, 1.54) is 12.4 Å². The average molecular weight is 318 g/mol. The van der Waals surface area contributed by atoms with Gasteiger partial charge in [-0.25, -0.2) is 14.6 Å². The fraction of sp³-hybridized carbons (Fsp3) is 0.267. The summed E-state index contributed by atoms with van der Waals surface area (Å²) < 4.78 is 1.80. The number of phenolic OH excluding ortho intramolecular Hbond substituents is 1. The zero-order valence-electron chi connectivity index (χ0n) is 12.5. The summed E-state index contributed by atoms with van der Waals surface area (Å²) in [4.78, 5) is 8.38. The molecule has 0 amide bonds. The number of anilines is 1. The highest BCUT2D eigenvalue weighted by Crippen LogP contribution is 2.37. The molecule has 0 unspecified atom stereocenters. The van der Waals surface area contributed by atoms with Crippen LogP contribution in [0.5, 0.6) is 5.75 Å². The summed E-state index contributed by atoms with van der Waals surface area (Å²) in [7, 11) is 0. The summed E-state index contributed by atoms with van der Waals surface area (Å²) in [6, 6.07) is 4.74. The van der Waals surface area contributed by atoms with E-state index in [-0.39, 0.29) is 11.3 Å². The summed E-state index contributed by atoms with van der Waals surface area (Å²) >= 11 is 6.25. The molecular weight excluding hydrogens is 302 g/mol. The van der Waals surface area contributed by atoms with Crippen LogP contribution in [0.15, 0.2) is 24.5 Å². The van der Waals surface area contributed by atoms with Gasteiger partial charge in [-0.2, -0.15) is 5.10 Å². The van der Waals surface area contributed by atoms with E-state index in [2.05, 4.69) is 15.1 Å². The van der Waals surface area contributed by atoms with Gasteiger partial charge in [0.2, 0.25) is 0 Å². The number of halogens is 1. The van der Waals surface area contributed by atoms with Crippen molar-refractivity contribution in [2.45, 2.75) is 26.3 Å². The van der Waals surface area contributed by atoms with Gasteiger partial charge in [-0.05, 0) is 39.0 Å². The Morgan fingerprint density at radius 1 is 1.23 bits per heavy atom. The highest BCUT2D eigenvalue weighted by Gasteiger charge is 2.24. The molecule has 0 bridgehead atoms. The number of nitrogens with zero attached hydrogens (tertiary/aromatic N) is 4. The Bertz CT molecular complexity index is 866. The van der Waals surface area contributed by atoms with Crippen molar-refractivity contribution in [2.24, 2.45) is 0 Å². The van der Waals surface area contributed by atoms with E-state index in [9.17, 15) is 5.11 Å². The number of aromatic nitrogens is 4. The van der Waals surface area contributed by atoms with Crippen LogP contribution in [-0.4, -0.2) is 24.9 Å². The van der Waals surface area contributed by atoms with Crippen LogP contribution in [0.25, 0.3) is 22.3 Å². The lowest BCUT2D eigenvalue weighted by Crippen LogP contribution is -2.23. The van der Waals surface area contributed by atoms with Gasteiger partial charge in [0.15, 0.2) is 5.65 Å². The Hall–Kier alpha value is -2.34. The van der Waals surface area contributed by atoms with Crippen molar-refractivity contribution in [2.75, 3.05) is 5.73 Å². The highest BCUT2D eigenvalue weighted by atomic mass is 35.5. The van der Waals surface area contributed by atoms with Crippen molar-refractivity contribution in [3.8, 4) is 17.0 Å². The SMILES string of the molecule is CC(C)(C)n1nc(-c2ccc(O)cc2Cl)c2c(N)ncnc21. The Morgan fingerprint density at radius 2 is 1.95 bits per heavy atom. The first-order valence-electron chi connectivity index (χ1n) is 6.77. The zero-order valence-corrected chi connectivity index (χ0v) is 13.3. The molecule has 6 nitrogen and oxygen atoms in total.